The third kappa shape index (κ3) is 4.21. The number of carbonyl (C=O) groups excluding carboxylic acids is 1. The third-order valence-corrected chi connectivity index (χ3v) is 5.17. The molecule has 2 N–H and O–H groups in total. The maximum absolute atomic E-state index is 12.0. The van der Waals surface area contributed by atoms with Crippen LogP contribution in [0.4, 0.5) is 9.93 Å². The van der Waals surface area contributed by atoms with Gasteiger partial charge in [-0.15, -0.1) is 0 Å². The molecule has 0 atom stereocenters. The summed E-state index contributed by atoms with van der Waals surface area (Å²) in [5.74, 6) is 0.820. The predicted molar refractivity (Wildman–Crippen MR) is 103 cm³/mol. The number of halogens is 1. The molecule has 0 aliphatic rings. The number of ether oxygens (including phenoxy) is 1. The summed E-state index contributed by atoms with van der Waals surface area (Å²) in [7, 11) is 1.64. The zero-order valence-corrected chi connectivity index (χ0v) is 15.5. The van der Waals surface area contributed by atoms with Crippen molar-refractivity contribution in [2.45, 2.75) is 13.3 Å². The number of hydrogen-bond donors (Lipinski definition) is 2. The van der Waals surface area contributed by atoms with Crippen LogP contribution in [0.25, 0.3) is 10.2 Å². The second-order valence-corrected chi connectivity index (χ2v) is 6.95. The quantitative estimate of drug-likeness (QED) is 0.683. The van der Waals surface area contributed by atoms with Crippen LogP contribution in [0, 0.1) is 6.92 Å². The van der Waals surface area contributed by atoms with Crippen molar-refractivity contribution >= 4 is 44.3 Å². The van der Waals surface area contributed by atoms with Crippen molar-refractivity contribution in [1.82, 2.24) is 10.3 Å². The van der Waals surface area contributed by atoms with Crippen LogP contribution in [-0.2, 0) is 6.42 Å². The Kier molecular flexibility index (Phi) is 5.40. The first-order valence-electron chi connectivity index (χ1n) is 7.80. The Morgan fingerprint density at radius 3 is 2.72 bits per heavy atom. The molecule has 5 nitrogen and oxygen atoms in total. The number of hydrogen-bond acceptors (Lipinski definition) is 4. The third-order valence-electron chi connectivity index (χ3n) is 3.83. The van der Waals surface area contributed by atoms with E-state index in [-0.39, 0.29) is 6.03 Å². The van der Waals surface area contributed by atoms with Gasteiger partial charge in [-0.3, -0.25) is 5.32 Å². The smallest absolute Gasteiger partial charge is 0.321 e. The van der Waals surface area contributed by atoms with Crippen molar-refractivity contribution in [1.29, 1.82) is 0 Å². The van der Waals surface area contributed by atoms with E-state index in [2.05, 4.69) is 15.6 Å². The number of thiazole rings is 1. The number of carbonyl (C=O) groups is 1. The Morgan fingerprint density at radius 1 is 1.24 bits per heavy atom. The first-order chi connectivity index (χ1) is 12.1. The highest BCUT2D eigenvalue weighted by Gasteiger charge is 2.10. The van der Waals surface area contributed by atoms with Gasteiger partial charge in [-0.2, -0.15) is 0 Å². The van der Waals surface area contributed by atoms with E-state index < -0.39 is 0 Å². The molecule has 1 heterocycles. The number of urea groups is 1. The Morgan fingerprint density at radius 2 is 2.00 bits per heavy atom. The molecule has 3 aromatic rings. The van der Waals surface area contributed by atoms with E-state index >= 15 is 0 Å². The molecule has 0 unspecified atom stereocenters. The molecule has 0 radical (unpaired) electrons. The monoisotopic (exact) mass is 375 g/mol. The van der Waals surface area contributed by atoms with E-state index in [1.54, 1.807) is 7.11 Å². The van der Waals surface area contributed by atoms with Crippen molar-refractivity contribution in [2.75, 3.05) is 19.0 Å². The van der Waals surface area contributed by atoms with Gasteiger partial charge in [0.25, 0.3) is 0 Å². The molecule has 0 spiro atoms. The summed E-state index contributed by atoms with van der Waals surface area (Å²) >= 11 is 7.53. The Bertz CT molecular complexity index is 893. The second-order valence-electron chi connectivity index (χ2n) is 5.52. The molecule has 0 aliphatic heterocycles. The normalized spacial score (nSPS) is 10.7. The van der Waals surface area contributed by atoms with Crippen LogP contribution in [0.2, 0.25) is 5.02 Å². The summed E-state index contributed by atoms with van der Waals surface area (Å²) in [5.41, 5.74) is 2.88. The molecular weight excluding hydrogens is 358 g/mol. The second kappa shape index (κ2) is 7.72. The van der Waals surface area contributed by atoms with E-state index in [1.165, 1.54) is 11.3 Å². The Balaban J connectivity index is 1.54. The van der Waals surface area contributed by atoms with E-state index in [0.717, 1.165) is 33.5 Å². The topological polar surface area (TPSA) is 63.2 Å². The molecule has 0 fully saturated rings. The zero-order valence-electron chi connectivity index (χ0n) is 13.9. The van der Waals surface area contributed by atoms with Gasteiger partial charge in [0, 0.05) is 11.6 Å². The first kappa shape index (κ1) is 17.5. The molecule has 3 rings (SSSR count). The highest BCUT2D eigenvalue weighted by atomic mass is 35.5. The number of nitrogens with zero attached hydrogens (tertiary/aromatic N) is 1. The Labute approximate surface area is 155 Å². The van der Waals surface area contributed by atoms with Gasteiger partial charge < -0.3 is 10.1 Å². The van der Waals surface area contributed by atoms with E-state index in [4.69, 9.17) is 16.3 Å². The molecular formula is C18H18ClN3O2S. The van der Waals surface area contributed by atoms with Gasteiger partial charge in [0.05, 0.1) is 17.3 Å². The highest BCUT2D eigenvalue weighted by molar-refractivity contribution is 7.22. The summed E-state index contributed by atoms with van der Waals surface area (Å²) in [4.78, 5) is 16.5. The molecule has 25 heavy (non-hydrogen) atoms. The summed E-state index contributed by atoms with van der Waals surface area (Å²) in [6.07, 6.45) is 0.742. The van der Waals surface area contributed by atoms with Crippen LogP contribution in [0.15, 0.2) is 36.4 Å². The van der Waals surface area contributed by atoms with Crippen LogP contribution in [-0.4, -0.2) is 24.7 Å². The van der Waals surface area contributed by atoms with Crippen molar-refractivity contribution in [3.8, 4) is 5.75 Å². The highest BCUT2D eigenvalue weighted by Crippen LogP contribution is 2.31. The number of benzene rings is 2. The van der Waals surface area contributed by atoms with Crippen molar-refractivity contribution < 1.29 is 9.53 Å². The molecule has 0 saturated carbocycles. The summed E-state index contributed by atoms with van der Waals surface area (Å²) in [5, 5.41) is 6.85. The first-order valence-corrected chi connectivity index (χ1v) is 8.99. The summed E-state index contributed by atoms with van der Waals surface area (Å²) in [6.45, 7) is 2.46. The minimum atomic E-state index is -0.267. The molecule has 0 aliphatic carbocycles. The number of anilines is 1. The van der Waals surface area contributed by atoms with Crippen molar-refractivity contribution in [3.05, 3.63) is 52.5 Å². The molecule has 0 bridgehead atoms. The molecule has 2 amide bonds. The molecule has 0 saturated heterocycles. The Hall–Kier alpha value is -2.31. The number of nitrogens with one attached hydrogen (secondary N) is 2. The average molecular weight is 376 g/mol. The van der Waals surface area contributed by atoms with Crippen LogP contribution in [0.3, 0.4) is 0 Å². The molecule has 2 aromatic carbocycles. The predicted octanol–water partition coefficient (Wildman–Crippen LogP) is 4.63. The van der Waals surface area contributed by atoms with E-state index in [0.29, 0.717) is 16.7 Å². The number of rotatable bonds is 5. The SMILES string of the molecule is COc1ccc(CCNC(=O)Nc2nc3c(C)c(Cl)ccc3s2)cc1. The fraction of sp³-hybridized carbons (Fsp3) is 0.222. The largest absolute Gasteiger partial charge is 0.497 e. The lowest BCUT2D eigenvalue weighted by molar-refractivity contribution is 0.252. The molecule has 130 valence electrons. The average Bonchev–Trinajstić information content (AvgIpc) is 3.02. The summed E-state index contributed by atoms with van der Waals surface area (Å²) < 4.78 is 6.12. The van der Waals surface area contributed by atoms with Gasteiger partial charge in [-0.05, 0) is 48.7 Å². The van der Waals surface area contributed by atoms with Gasteiger partial charge >= 0.3 is 6.03 Å². The van der Waals surface area contributed by atoms with Crippen LogP contribution < -0.4 is 15.4 Å². The van der Waals surface area contributed by atoms with Crippen LogP contribution in [0.1, 0.15) is 11.1 Å². The maximum atomic E-state index is 12.0. The van der Waals surface area contributed by atoms with Gasteiger partial charge in [0.15, 0.2) is 5.13 Å². The van der Waals surface area contributed by atoms with Crippen LogP contribution in [0.5, 0.6) is 5.75 Å². The number of fused-ring (bicyclic) bond motifs is 1. The fourth-order valence-corrected chi connectivity index (χ4v) is 3.48. The fourth-order valence-electron chi connectivity index (χ4n) is 2.41. The molecule has 7 heteroatoms. The lowest BCUT2D eigenvalue weighted by atomic mass is 10.1. The number of aromatic nitrogens is 1. The molecule has 1 aromatic heterocycles. The lowest BCUT2D eigenvalue weighted by Gasteiger charge is -2.06. The van der Waals surface area contributed by atoms with Gasteiger partial charge in [-0.25, -0.2) is 9.78 Å². The zero-order chi connectivity index (χ0) is 17.8. The van der Waals surface area contributed by atoms with Crippen molar-refractivity contribution in [2.24, 2.45) is 0 Å². The maximum Gasteiger partial charge on any atom is 0.321 e. The lowest BCUT2D eigenvalue weighted by Crippen LogP contribution is -2.30. The van der Waals surface area contributed by atoms with E-state index in [9.17, 15) is 4.79 Å². The van der Waals surface area contributed by atoms with Gasteiger partial charge in [0.2, 0.25) is 0 Å². The minimum Gasteiger partial charge on any atom is -0.497 e. The standard InChI is InChI=1S/C18H18ClN3O2S/c1-11-14(19)7-8-15-16(11)21-18(25-15)22-17(23)20-10-9-12-3-5-13(24-2)6-4-12/h3-8H,9-10H2,1-2H3,(H2,20,21,22,23). The van der Waals surface area contributed by atoms with Crippen molar-refractivity contribution in [3.63, 3.8) is 0 Å². The van der Waals surface area contributed by atoms with Gasteiger partial charge in [-0.1, -0.05) is 35.1 Å². The number of amides is 2. The van der Waals surface area contributed by atoms with Crippen LogP contribution >= 0.6 is 22.9 Å². The minimum absolute atomic E-state index is 0.267. The van der Waals surface area contributed by atoms with E-state index in [1.807, 2.05) is 43.3 Å². The number of methoxy groups -OCH3 is 1. The number of aryl methyl sites for hydroxylation is 1. The van der Waals surface area contributed by atoms with Gasteiger partial charge in [0.1, 0.15) is 5.75 Å². The summed E-state index contributed by atoms with van der Waals surface area (Å²) in [6, 6.07) is 11.3.